The molecule has 1 N–H and O–H groups in total. The molecule has 0 bridgehead atoms. The van der Waals surface area contributed by atoms with Crippen molar-refractivity contribution in [2.45, 2.75) is 0 Å². The summed E-state index contributed by atoms with van der Waals surface area (Å²) >= 11 is 0. The van der Waals surface area contributed by atoms with Gasteiger partial charge in [-0.25, -0.2) is 0 Å². The van der Waals surface area contributed by atoms with Crippen LogP contribution in [0.1, 0.15) is 10.4 Å². The molecule has 0 aliphatic rings. The summed E-state index contributed by atoms with van der Waals surface area (Å²) in [7, 11) is 1.66. The number of nitro groups is 1. The van der Waals surface area contributed by atoms with E-state index in [2.05, 4.69) is 10.4 Å². The number of carbonyl (C=O) groups excluding carboxylic acids is 1. The second-order valence-electron chi connectivity index (χ2n) is 3.72. The van der Waals surface area contributed by atoms with Crippen LogP contribution in [0.15, 0.2) is 30.5 Å². The third-order valence-electron chi connectivity index (χ3n) is 2.37. The SMILES string of the molecule is Cn1ccc(NC(=O)c2cccc([N+](=O)[O-])c2F)n1. The van der Waals surface area contributed by atoms with Crippen molar-refractivity contribution >= 4 is 17.4 Å². The van der Waals surface area contributed by atoms with E-state index in [4.69, 9.17) is 0 Å². The van der Waals surface area contributed by atoms with Gasteiger partial charge in [-0.3, -0.25) is 19.6 Å². The predicted molar refractivity (Wildman–Crippen MR) is 64.2 cm³/mol. The molecule has 7 nitrogen and oxygen atoms in total. The average molecular weight is 264 g/mol. The van der Waals surface area contributed by atoms with Crippen LogP contribution in [-0.4, -0.2) is 20.6 Å². The molecule has 19 heavy (non-hydrogen) atoms. The van der Waals surface area contributed by atoms with E-state index in [-0.39, 0.29) is 5.82 Å². The van der Waals surface area contributed by atoms with Crippen LogP contribution in [0.4, 0.5) is 15.9 Å². The summed E-state index contributed by atoms with van der Waals surface area (Å²) in [4.78, 5) is 21.5. The van der Waals surface area contributed by atoms with Crippen LogP contribution in [-0.2, 0) is 7.05 Å². The fourth-order valence-electron chi connectivity index (χ4n) is 1.50. The number of rotatable bonds is 3. The molecule has 1 heterocycles. The molecule has 0 saturated heterocycles. The maximum absolute atomic E-state index is 13.8. The number of halogens is 1. The maximum Gasteiger partial charge on any atom is 0.305 e. The first-order chi connectivity index (χ1) is 8.99. The van der Waals surface area contributed by atoms with Gasteiger partial charge in [-0.05, 0) is 6.07 Å². The van der Waals surface area contributed by atoms with Gasteiger partial charge in [0.25, 0.3) is 5.91 Å². The molecule has 2 rings (SSSR count). The summed E-state index contributed by atoms with van der Waals surface area (Å²) in [6.45, 7) is 0. The van der Waals surface area contributed by atoms with Gasteiger partial charge in [-0.15, -0.1) is 0 Å². The summed E-state index contributed by atoms with van der Waals surface area (Å²) in [5.74, 6) is -1.72. The predicted octanol–water partition coefficient (Wildman–Crippen LogP) is 1.72. The van der Waals surface area contributed by atoms with E-state index in [0.29, 0.717) is 0 Å². The lowest BCUT2D eigenvalue weighted by atomic mass is 10.1. The van der Waals surface area contributed by atoms with Gasteiger partial charge in [-0.1, -0.05) is 6.07 Å². The molecule has 0 saturated carbocycles. The number of aryl methyl sites for hydroxylation is 1. The van der Waals surface area contributed by atoms with E-state index in [1.165, 1.54) is 22.9 Å². The lowest BCUT2D eigenvalue weighted by Gasteiger charge is -2.03. The normalized spacial score (nSPS) is 10.2. The molecule has 1 aromatic carbocycles. The second-order valence-corrected chi connectivity index (χ2v) is 3.72. The quantitative estimate of drug-likeness (QED) is 0.675. The van der Waals surface area contributed by atoms with Gasteiger partial charge < -0.3 is 5.32 Å². The molecule has 1 aromatic heterocycles. The Hall–Kier alpha value is -2.77. The first-order valence-corrected chi connectivity index (χ1v) is 5.23. The maximum atomic E-state index is 13.8. The summed E-state index contributed by atoms with van der Waals surface area (Å²) < 4.78 is 15.2. The van der Waals surface area contributed by atoms with Crippen LogP contribution in [0, 0.1) is 15.9 Å². The van der Waals surface area contributed by atoms with Crippen LogP contribution in [0.5, 0.6) is 0 Å². The lowest BCUT2D eigenvalue weighted by Crippen LogP contribution is -2.15. The Morgan fingerprint density at radius 3 is 2.79 bits per heavy atom. The Bertz CT molecular complexity index is 653. The average Bonchev–Trinajstić information content (AvgIpc) is 2.74. The largest absolute Gasteiger partial charge is 0.305 e. The third-order valence-corrected chi connectivity index (χ3v) is 2.37. The summed E-state index contributed by atoms with van der Waals surface area (Å²) in [6, 6.07) is 4.93. The molecule has 98 valence electrons. The number of amides is 1. The Balaban J connectivity index is 2.29. The van der Waals surface area contributed by atoms with Gasteiger partial charge in [0, 0.05) is 25.4 Å². The van der Waals surface area contributed by atoms with Crippen LogP contribution in [0.3, 0.4) is 0 Å². The first kappa shape index (κ1) is 12.7. The number of hydrogen-bond donors (Lipinski definition) is 1. The third kappa shape index (κ3) is 2.57. The summed E-state index contributed by atoms with van der Waals surface area (Å²) in [5.41, 5.74) is -1.14. The van der Waals surface area contributed by atoms with E-state index in [9.17, 15) is 19.3 Å². The smallest absolute Gasteiger partial charge is 0.305 e. The highest BCUT2D eigenvalue weighted by Gasteiger charge is 2.21. The van der Waals surface area contributed by atoms with Crippen molar-refractivity contribution in [3.05, 3.63) is 52.0 Å². The van der Waals surface area contributed by atoms with Crippen molar-refractivity contribution in [2.75, 3.05) is 5.32 Å². The minimum absolute atomic E-state index is 0.235. The van der Waals surface area contributed by atoms with Crippen LogP contribution in [0.2, 0.25) is 0 Å². The van der Waals surface area contributed by atoms with Crippen molar-refractivity contribution in [3.8, 4) is 0 Å². The Labute approximate surface area is 106 Å². The zero-order valence-corrected chi connectivity index (χ0v) is 9.83. The van der Waals surface area contributed by atoms with Crippen LogP contribution >= 0.6 is 0 Å². The molecule has 0 aliphatic heterocycles. The highest BCUT2D eigenvalue weighted by molar-refractivity contribution is 6.04. The first-order valence-electron chi connectivity index (χ1n) is 5.23. The zero-order valence-electron chi connectivity index (χ0n) is 9.83. The molecule has 0 atom stereocenters. The van der Waals surface area contributed by atoms with Crippen molar-refractivity contribution in [2.24, 2.45) is 7.05 Å². The Morgan fingerprint density at radius 1 is 1.47 bits per heavy atom. The highest BCUT2D eigenvalue weighted by Crippen LogP contribution is 2.20. The molecule has 0 spiro atoms. The summed E-state index contributed by atoms with van der Waals surface area (Å²) in [6.07, 6.45) is 1.60. The minimum Gasteiger partial charge on any atom is -0.305 e. The Morgan fingerprint density at radius 2 is 2.21 bits per heavy atom. The standard InChI is InChI=1S/C11H9FN4O3/c1-15-6-5-9(14-15)13-11(17)7-3-2-4-8(10(7)12)16(18)19/h2-6H,1H3,(H,13,14,17). The molecule has 1 amide bonds. The van der Waals surface area contributed by atoms with E-state index in [1.54, 1.807) is 13.2 Å². The Kier molecular flexibility index (Phi) is 3.23. The van der Waals surface area contributed by atoms with Crippen molar-refractivity contribution in [1.29, 1.82) is 0 Å². The summed E-state index contributed by atoms with van der Waals surface area (Å²) in [5, 5.41) is 16.8. The number of benzene rings is 1. The molecular weight excluding hydrogens is 255 g/mol. The number of carbonyl (C=O) groups is 1. The van der Waals surface area contributed by atoms with Crippen LogP contribution < -0.4 is 5.32 Å². The van der Waals surface area contributed by atoms with E-state index in [0.717, 1.165) is 6.07 Å². The lowest BCUT2D eigenvalue weighted by molar-refractivity contribution is -0.387. The fourth-order valence-corrected chi connectivity index (χ4v) is 1.50. The fraction of sp³-hybridized carbons (Fsp3) is 0.0909. The second kappa shape index (κ2) is 4.84. The monoisotopic (exact) mass is 264 g/mol. The molecule has 8 heteroatoms. The van der Waals surface area contributed by atoms with Crippen molar-refractivity contribution in [1.82, 2.24) is 9.78 Å². The number of nitrogens with one attached hydrogen (secondary N) is 1. The molecule has 0 fully saturated rings. The van der Waals surface area contributed by atoms with Crippen molar-refractivity contribution < 1.29 is 14.1 Å². The zero-order chi connectivity index (χ0) is 14.0. The van der Waals surface area contributed by atoms with Gasteiger partial charge in [0.05, 0.1) is 10.5 Å². The highest BCUT2D eigenvalue weighted by atomic mass is 19.1. The minimum atomic E-state index is -1.17. The van der Waals surface area contributed by atoms with E-state index in [1.807, 2.05) is 0 Å². The van der Waals surface area contributed by atoms with Gasteiger partial charge in [0.2, 0.25) is 5.82 Å². The number of nitro benzene ring substituents is 1. The topological polar surface area (TPSA) is 90.1 Å². The molecule has 2 aromatic rings. The van der Waals surface area contributed by atoms with Crippen LogP contribution in [0.25, 0.3) is 0 Å². The van der Waals surface area contributed by atoms with E-state index >= 15 is 0 Å². The van der Waals surface area contributed by atoms with Gasteiger partial charge in [0.15, 0.2) is 5.82 Å². The number of anilines is 1. The molecule has 0 radical (unpaired) electrons. The number of hydrogen-bond acceptors (Lipinski definition) is 4. The molecule has 0 unspecified atom stereocenters. The van der Waals surface area contributed by atoms with Crippen molar-refractivity contribution in [3.63, 3.8) is 0 Å². The number of nitrogens with zero attached hydrogens (tertiary/aromatic N) is 3. The molecular formula is C11H9FN4O3. The van der Waals surface area contributed by atoms with Gasteiger partial charge in [-0.2, -0.15) is 9.49 Å². The number of aromatic nitrogens is 2. The van der Waals surface area contributed by atoms with Gasteiger partial charge >= 0.3 is 5.69 Å². The molecule has 0 aliphatic carbocycles. The van der Waals surface area contributed by atoms with Gasteiger partial charge in [0.1, 0.15) is 0 Å². The van der Waals surface area contributed by atoms with E-state index < -0.39 is 27.9 Å².